The van der Waals surface area contributed by atoms with Gasteiger partial charge in [0.05, 0.1) is 6.26 Å². The van der Waals surface area contributed by atoms with Crippen LogP contribution in [-0.4, -0.2) is 48.0 Å². The Labute approximate surface area is 246 Å². The van der Waals surface area contributed by atoms with Crippen LogP contribution in [0.2, 0.25) is 10.0 Å². The molecule has 1 aliphatic heterocycles. The second-order valence-electron chi connectivity index (χ2n) is 8.94. The first-order valence-corrected chi connectivity index (χ1v) is 13.5. The fraction of sp³-hybridized carbons (Fsp3) is 0.138. The van der Waals surface area contributed by atoms with Crippen molar-refractivity contribution < 1.29 is 18.4 Å². The van der Waals surface area contributed by atoms with Gasteiger partial charge in [-0.25, -0.2) is 0 Å². The molecule has 204 valence electrons. The summed E-state index contributed by atoms with van der Waals surface area (Å²) in [7, 11) is 0. The molecule has 11 heteroatoms. The third-order valence-corrected chi connectivity index (χ3v) is 6.84. The van der Waals surface area contributed by atoms with E-state index in [1.54, 1.807) is 53.4 Å². The van der Waals surface area contributed by atoms with E-state index >= 15 is 0 Å². The Hall–Kier alpha value is -4.05. The Morgan fingerprint density at radius 1 is 0.925 bits per heavy atom. The number of nitrogens with zero attached hydrogens (tertiary/aromatic N) is 2. The Bertz CT molecular complexity index is 1520. The van der Waals surface area contributed by atoms with E-state index in [1.165, 1.54) is 12.3 Å². The van der Waals surface area contributed by atoms with Gasteiger partial charge in [0.25, 0.3) is 5.91 Å². The molecular formula is C29H24Cl2N4O4S. The monoisotopic (exact) mass is 594 g/mol. The average molecular weight is 596 g/mol. The number of hydrogen-bond donors (Lipinski definition) is 2. The van der Waals surface area contributed by atoms with E-state index in [9.17, 15) is 9.59 Å². The number of thiocarbonyl (C=S) groups is 1. The van der Waals surface area contributed by atoms with Crippen molar-refractivity contribution in [3.63, 3.8) is 0 Å². The number of carbonyl (C=O) groups is 2. The van der Waals surface area contributed by atoms with Crippen molar-refractivity contribution in [3.05, 3.63) is 101 Å². The molecule has 0 bridgehead atoms. The van der Waals surface area contributed by atoms with Crippen LogP contribution in [0.3, 0.4) is 0 Å². The number of halogens is 2. The molecule has 1 aliphatic rings. The smallest absolute Gasteiger partial charge is 0.289 e. The molecule has 8 nitrogen and oxygen atoms in total. The number of rotatable bonds is 6. The van der Waals surface area contributed by atoms with E-state index in [1.807, 2.05) is 24.3 Å². The Balaban J connectivity index is 1.09. The molecule has 0 spiro atoms. The summed E-state index contributed by atoms with van der Waals surface area (Å²) in [6.45, 7) is 2.64. The van der Waals surface area contributed by atoms with E-state index in [4.69, 9.17) is 44.3 Å². The van der Waals surface area contributed by atoms with Crippen LogP contribution in [0, 0.1) is 0 Å². The fourth-order valence-corrected chi connectivity index (χ4v) is 4.99. The molecule has 2 aromatic carbocycles. The highest BCUT2D eigenvalue weighted by atomic mass is 35.5. The SMILES string of the molecule is O=C(/C=C/c1ccc(-c2cc(Cl)cc(Cl)c2)o1)NC(=S)Nc1ccc(N2CCN(C(=O)c3ccco3)CC2)cc1. The third-order valence-electron chi connectivity index (χ3n) is 6.20. The van der Waals surface area contributed by atoms with Crippen LogP contribution in [0.25, 0.3) is 17.4 Å². The lowest BCUT2D eigenvalue weighted by Gasteiger charge is -2.35. The summed E-state index contributed by atoms with van der Waals surface area (Å²) in [5, 5.41) is 6.80. The number of benzene rings is 2. The molecule has 2 aromatic heterocycles. The van der Waals surface area contributed by atoms with E-state index < -0.39 is 5.91 Å². The standard InChI is InChI=1S/C29H24Cl2N4O4S/c30-20-16-19(17-21(31)18-20)25-9-7-24(39-25)8-10-27(36)33-29(40)32-22-3-5-23(6-4-22)34-11-13-35(14-12-34)28(37)26-2-1-15-38-26/h1-10,15-18H,11-14H2,(H2,32,33,36,40)/b10-8+. The zero-order valence-corrected chi connectivity index (χ0v) is 23.4. The predicted molar refractivity (Wildman–Crippen MR) is 161 cm³/mol. The molecule has 0 unspecified atom stereocenters. The Kier molecular flexibility index (Phi) is 8.54. The van der Waals surface area contributed by atoms with Crippen molar-refractivity contribution >= 4 is 69.8 Å². The van der Waals surface area contributed by atoms with Crippen molar-refractivity contribution in [1.29, 1.82) is 0 Å². The van der Waals surface area contributed by atoms with Gasteiger partial charge in [-0.15, -0.1) is 0 Å². The molecule has 0 saturated carbocycles. The summed E-state index contributed by atoms with van der Waals surface area (Å²) in [5.41, 5.74) is 2.51. The second kappa shape index (κ2) is 12.4. The number of amides is 2. The zero-order chi connectivity index (χ0) is 28.1. The Morgan fingerprint density at radius 2 is 1.65 bits per heavy atom. The van der Waals surface area contributed by atoms with Crippen LogP contribution in [0.5, 0.6) is 0 Å². The molecule has 1 saturated heterocycles. The summed E-state index contributed by atoms with van der Waals surface area (Å²) in [6, 6.07) is 19.7. The Morgan fingerprint density at radius 3 is 2.33 bits per heavy atom. The molecule has 5 rings (SSSR count). The van der Waals surface area contributed by atoms with Gasteiger partial charge in [0.15, 0.2) is 10.9 Å². The van der Waals surface area contributed by atoms with Gasteiger partial charge in [0, 0.05) is 59.2 Å². The molecule has 0 atom stereocenters. The van der Waals surface area contributed by atoms with Gasteiger partial charge in [-0.2, -0.15) is 0 Å². The zero-order valence-electron chi connectivity index (χ0n) is 21.1. The van der Waals surface area contributed by atoms with Crippen LogP contribution < -0.4 is 15.5 Å². The molecule has 4 aromatic rings. The number of piperazine rings is 1. The van der Waals surface area contributed by atoms with Crippen LogP contribution in [0.1, 0.15) is 16.3 Å². The molecule has 1 fully saturated rings. The number of hydrogen-bond acceptors (Lipinski definition) is 6. The normalized spacial score (nSPS) is 13.4. The summed E-state index contributed by atoms with van der Waals surface area (Å²) >= 11 is 17.4. The minimum absolute atomic E-state index is 0.0913. The average Bonchev–Trinajstić information content (AvgIpc) is 3.65. The molecule has 0 radical (unpaired) electrons. The fourth-order valence-electron chi connectivity index (χ4n) is 4.25. The van der Waals surface area contributed by atoms with Gasteiger partial charge >= 0.3 is 0 Å². The maximum Gasteiger partial charge on any atom is 0.289 e. The van der Waals surface area contributed by atoms with Gasteiger partial charge in [-0.05, 0) is 85.0 Å². The predicted octanol–water partition coefficient (Wildman–Crippen LogP) is 6.34. The van der Waals surface area contributed by atoms with Crippen molar-refractivity contribution in [2.24, 2.45) is 0 Å². The van der Waals surface area contributed by atoms with Crippen LogP contribution in [0.15, 0.2) is 87.9 Å². The third kappa shape index (κ3) is 6.93. The quantitative estimate of drug-likeness (QED) is 0.199. The maximum atomic E-state index is 12.5. The highest BCUT2D eigenvalue weighted by Gasteiger charge is 2.23. The lowest BCUT2D eigenvalue weighted by atomic mass is 10.2. The first kappa shape index (κ1) is 27.5. The molecule has 2 amide bonds. The van der Waals surface area contributed by atoms with Crippen molar-refractivity contribution in [1.82, 2.24) is 10.2 Å². The van der Waals surface area contributed by atoms with E-state index in [0.717, 1.165) is 16.9 Å². The first-order chi connectivity index (χ1) is 19.3. The largest absolute Gasteiger partial charge is 0.459 e. The van der Waals surface area contributed by atoms with Crippen molar-refractivity contribution in [2.75, 3.05) is 36.4 Å². The lowest BCUT2D eigenvalue weighted by Crippen LogP contribution is -2.48. The molecular weight excluding hydrogens is 571 g/mol. The van der Waals surface area contributed by atoms with Crippen molar-refractivity contribution in [2.45, 2.75) is 0 Å². The molecule has 40 heavy (non-hydrogen) atoms. The van der Waals surface area contributed by atoms with E-state index in [0.29, 0.717) is 53.5 Å². The number of nitrogens with one attached hydrogen (secondary N) is 2. The van der Waals surface area contributed by atoms with E-state index in [-0.39, 0.29) is 11.0 Å². The van der Waals surface area contributed by atoms with E-state index in [2.05, 4.69) is 15.5 Å². The lowest BCUT2D eigenvalue weighted by molar-refractivity contribution is -0.115. The summed E-state index contributed by atoms with van der Waals surface area (Å²) in [4.78, 5) is 28.8. The van der Waals surface area contributed by atoms with Gasteiger partial charge in [0.2, 0.25) is 5.91 Å². The first-order valence-electron chi connectivity index (χ1n) is 12.4. The van der Waals surface area contributed by atoms with Gasteiger partial charge in [0.1, 0.15) is 11.5 Å². The topological polar surface area (TPSA) is 91.0 Å². The number of furan rings is 2. The molecule has 3 heterocycles. The minimum Gasteiger partial charge on any atom is -0.459 e. The second-order valence-corrected chi connectivity index (χ2v) is 10.2. The van der Waals surface area contributed by atoms with Crippen molar-refractivity contribution in [3.8, 4) is 11.3 Å². The van der Waals surface area contributed by atoms with Crippen LogP contribution in [-0.2, 0) is 4.79 Å². The minimum atomic E-state index is -0.403. The summed E-state index contributed by atoms with van der Waals surface area (Å²) in [6.07, 6.45) is 4.38. The van der Waals surface area contributed by atoms with Crippen LogP contribution in [0.4, 0.5) is 11.4 Å². The molecule has 2 N–H and O–H groups in total. The summed E-state index contributed by atoms with van der Waals surface area (Å²) < 4.78 is 11.0. The number of carbonyl (C=O) groups excluding carboxylic acids is 2. The molecule has 0 aliphatic carbocycles. The van der Waals surface area contributed by atoms with Gasteiger partial charge in [-0.3, -0.25) is 14.9 Å². The highest BCUT2D eigenvalue weighted by molar-refractivity contribution is 7.80. The van der Waals surface area contributed by atoms with Gasteiger partial charge < -0.3 is 24.0 Å². The maximum absolute atomic E-state index is 12.5. The number of anilines is 2. The summed E-state index contributed by atoms with van der Waals surface area (Å²) in [5.74, 6) is 0.930. The van der Waals surface area contributed by atoms with Gasteiger partial charge in [-0.1, -0.05) is 23.2 Å². The van der Waals surface area contributed by atoms with Crippen LogP contribution >= 0.6 is 35.4 Å². The highest BCUT2D eigenvalue weighted by Crippen LogP contribution is 2.29.